The normalized spacial score (nSPS) is 14.0. The average molecular weight is 514 g/mol. The fourth-order valence-corrected chi connectivity index (χ4v) is 5.19. The number of pyridine rings is 1. The maximum Gasteiger partial charge on any atom is 0.255 e. The Bertz CT molecular complexity index is 1230. The Morgan fingerprint density at radius 3 is 2.26 bits per heavy atom. The molecule has 6 heteroatoms. The summed E-state index contributed by atoms with van der Waals surface area (Å²) in [6.45, 7) is 13.9. The molecule has 2 aromatic heterocycles. The highest BCUT2D eigenvalue weighted by atomic mass is 16.2. The van der Waals surface area contributed by atoms with Crippen molar-refractivity contribution < 1.29 is 4.79 Å². The lowest BCUT2D eigenvalue weighted by atomic mass is 10.1. The number of benzene rings is 1. The minimum Gasteiger partial charge on any atom is -0.339 e. The number of nitriles is 1. The molecule has 1 aromatic carbocycles. The number of hydrogen-bond acceptors (Lipinski definition) is 4. The van der Waals surface area contributed by atoms with Crippen molar-refractivity contribution in [3.63, 3.8) is 0 Å². The SMILES string of the molecule is CC(C)CCN(CCC(C)C)C(=O)c1ccc2nc(-c3ccc(C#N)cc3)c(CCCN3CCCC3)n2c1. The molecule has 1 aliphatic rings. The van der Waals surface area contributed by atoms with E-state index in [1.54, 1.807) is 0 Å². The molecule has 3 aromatic rings. The van der Waals surface area contributed by atoms with E-state index in [-0.39, 0.29) is 5.91 Å². The van der Waals surface area contributed by atoms with Crippen molar-refractivity contribution in [2.75, 3.05) is 32.7 Å². The van der Waals surface area contributed by atoms with Crippen LogP contribution in [0.25, 0.3) is 16.9 Å². The second kappa shape index (κ2) is 13.1. The van der Waals surface area contributed by atoms with Crippen LogP contribution in [-0.2, 0) is 6.42 Å². The summed E-state index contributed by atoms with van der Waals surface area (Å²) in [5, 5.41) is 9.24. The van der Waals surface area contributed by atoms with E-state index in [1.165, 1.54) is 25.9 Å². The van der Waals surface area contributed by atoms with Gasteiger partial charge in [0.2, 0.25) is 0 Å². The van der Waals surface area contributed by atoms with Gasteiger partial charge in [0.1, 0.15) is 5.65 Å². The van der Waals surface area contributed by atoms with Crippen molar-refractivity contribution >= 4 is 11.6 Å². The monoisotopic (exact) mass is 513 g/mol. The summed E-state index contributed by atoms with van der Waals surface area (Å²) in [4.78, 5) is 23.3. The molecule has 0 bridgehead atoms. The zero-order chi connectivity index (χ0) is 27.1. The second-order valence-electron chi connectivity index (χ2n) is 11.6. The summed E-state index contributed by atoms with van der Waals surface area (Å²) in [6, 6.07) is 13.8. The quantitative estimate of drug-likeness (QED) is 0.280. The third-order valence-corrected chi connectivity index (χ3v) is 7.58. The third-order valence-electron chi connectivity index (χ3n) is 7.58. The number of aryl methyl sites for hydroxylation is 1. The smallest absolute Gasteiger partial charge is 0.255 e. The van der Waals surface area contributed by atoms with Gasteiger partial charge >= 0.3 is 0 Å². The van der Waals surface area contributed by atoms with Crippen LogP contribution in [-0.4, -0.2) is 57.8 Å². The first kappa shape index (κ1) is 27.9. The minimum atomic E-state index is 0.102. The predicted molar refractivity (Wildman–Crippen MR) is 154 cm³/mol. The number of likely N-dealkylation sites (tertiary alicyclic amines) is 1. The van der Waals surface area contributed by atoms with E-state index >= 15 is 0 Å². The molecule has 1 fully saturated rings. The maximum absolute atomic E-state index is 13.7. The van der Waals surface area contributed by atoms with Crippen molar-refractivity contribution in [2.45, 2.75) is 66.2 Å². The number of fused-ring (bicyclic) bond motifs is 1. The molecule has 1 saturated heterocycles. The molecular formula is C32H43N5O. The van der Waals surface area contributed by atoms with E-state index in [2.05, 4.69) is 43.1 Å². The Balaban J connectivity index is 1.66. The van der Waals surface area contributed by atoms with E-state index in [0.717, 1.165) is 73.5 Å². The molecule has 3 heterocycles. The largest absolute Gasteiger partial charge is 0.339 e. The third kappa shape index (κ3) is 7.02. The van der Waals surface area contributed by atoms with Crippen molar-refractivity contribution in [3.05, 3.63) is 59.4 Å². The standard InChI is InChI=1S/C32H43N5O/c1-24(2)15-20-36(21-16-25(3)4)32(38)28-13-14-30-34-31(27-11-9-26(22-33)10-12-27)29(37(30)23-28)8-7-19-35-17-5-6-18-35/h9-14,23-25H,5-8,15-21H2,1-4H3. The number of aromatic nitrogens is 2. The molecule has 0 atom stereocenters. The Hall–Kier alpha value is -3.17. The van der Waals surface area contributed by atoms with E-state index in [1.807, 2.05) is 47.5 Å². The fourth-order valence-electron chi connectivity index (χ4n) is 5.19. The van der Waals surface area contributed by atoms with Crippen LogP contribution in [0.1, 0.15) is 81.4 Å². The van der Waals surface area contributed by atoms with Gasteiger partial charge in [0.25, 0.3) is 5.91 Å². The van der Waals surface area contributed by atoms with Crippen LogP contribution in [0.5, 0.6) is 0 Å². The summed E-state index contributed by atoms with van der Waals surface area (Å²) >= 11 is 0. The summed E-state index contributed by atoms with van der Waals surface area (Å²) in [5.74, 6) is 1.21. The van der Waals surface area contributed by atoms with Crippen molar-refractivity contribution in [1.29, 1.82) is 5.26 Å². The Kier molecular flexibility index (Phi) is 9.58. The molecule has 1 amide bonds. The van der Waals surface area contributed by atoms with Gasteiger partial charge in [-0.15, -0.1) is 0 Å². The van der Waals surface area contributed by atoms with Crippen LogP contribution in [0, 0.1) is 23.2 Å². The van der Waals surface area contributed by atoms with Gasteiger partial charge in [0.15, 0.2) is 0 Å². The number of carbonyl (C=O) groups excluding carboxylic acids is 1. The molecular weight excluding hydrogens is 470 g/mol. The highest BCUT2D eigenvalue weighted by molar-refractivity contribution is 5.94. The van der Waals surface area contributed by atoms with Gasteiger partial charge in [-0.05, 0) is 94.3 Å². The summed E-state index contributed by atoms with van der Waals surface area (Å²) < 4.78 is 2.13. The first-order valence-electron chi connectivity index (χ1n) is 14.4. The van der Waals surface area contributed by atoms with E-state index < -0.39 is 0 Å². The van der Waals surface area contributed by atoms with E-state index in [0.29, 0.717) is 17.4 Å². The summed E-state index contributed by atoms with van der Waals surface area (Å²) in [6.07, 6.45) is 8.52. The predicted octanol–water partition coefficient (Wildman–Crippen LogP) is 6.44. The average Bonchev–Trinajstić information content (AvgIpc) is 3.56. The van der Waals surface area contributed by atoms with Crippen LogP contribution in [0.3, 0.4) is 0 Å². The van der Waals surface area contributed by atoms with Crippen LogP contribution in [0.2, 0.25) is 0 Å². The molecule has 0 spiro atoms. The van der Waals surface area contributed by atoms with Crippen LogP contribution < -0.4 is 0 Å². The number of rotatable bonds is 12. The van der Waals surface area contributed by atoms with Crippen LogP contribution in [0.15, 0.2) is 42.6 Å². The molecule has 0 N–H and O–H groups in total. The Morgan fingerprint density at radius 2 is 1.66 bits per heavy atom. The van der Waals surface area contributed by atoms with Gasteiger partial charge in [-0.2, -0.15) is 5.26 Å². The fraction of sp³-hybridized carbons (Fsp3) is 0.531. The molecule has 38 heavy (non-hydrogen) atoms. The molecule has 0 unspecified atom stereocenters. The number of carbonyl (C=O) groups is 1. The van der Waals surface area contributed by atoms with Gasteiger partial charge in [0.05, 0.1) is 28.6 Å². The number of nitrogens with zero attached hydrogens (tertiary/aromatic N) is 5. The van der Waals surface area contributed by atoms with E-state index in [9.17, 15) is 10.1 Å². The number of amides is 1. The van der Waals surface area contributed by atoms with Gasteiger partial charge in [-0.1, -0.05) is 39.8 Å². The summed E-state index contributed by atoms with van der Waals surface area (Å²) in [5.41, 5.74) is 5.30. The lowest BCUT2D eigenvalue weighted by Crippen LogP contribution is -2.34. The first-order chi connectivity index (χ1) is 18.4. The summed E-state index contributed by atoms with van der Waals surface area (Å²) in [7, 11) is 0. The van der Waals surface area contributed by atoms with Gasteiger partial charge in [0, 0.05) is 24.8 Å². The zero-order valence-corrected chi connectivity index (χ0v) is 23.6. The molecule has 1 aliphatic heterocycles. The highest BCUT2D eigenvalue weighted by Crippen LogP contribution is 2.27. The van der Waals surface area contributed by atoms with E-state index in [4.69, 9.17) is 4.98 Å². The molecule has 6 nitrogen and oxygen atoms in total. The molecule has 0 saturated carbocycles. The number of hydrogen-bond donors (Lipinski definition) is 0. The van der Waals surface area contributed by atoms with Crippen LogP contribution in [0.4, 0.5) is 0 Å². The van der Waals surface area contributed by atoms with Gasteiger partial charge in [-0.25, -0.2) is 4.98 Å². The van der Waals surface area contributed by atoms with Crippen LogP contribution >= 0.6 is 0 Å². The topological polar surface area (TPSA) is 64.6 Å². The Labute approximate surface area is 228 Å². The molecule has 0 radical (unpaired) electrons. The Morgan fingerprint density at radius 1 is 1.00 bits per heavy atom. The zero-order valence-electron chi connectivity index (χ0n) is 23.6. The van der Waals surface area contributed by atoms with Crippen molar-refractivity contribution in [2.24, 2.45) is 11.8 Å². The number of imidazole rings is 1. The van der Waals surface area contributed by atoms with Crippen molar-refractivity contribution in [1.82, 2.24) is 19.2 Å². The van der Waals surface area contributed by atoms with Crippen molar-refractivity contribution in [3.8, 4) is 17.3 Å². The van der Waals surface area contributed by atoms with Gasteiger partial charge in [-0.3, -0.25) is 4.79 Å². The molecule has 0 aliphatic carbocycles. The first-order valence-corrected chi connectivity index (χ1v) is 14.4. The second-order valence-corrected chi connectivity index (χ2v) is 11.6. The maximum atomic E-state index is 13.7. The molecule has 202 valence electrons. The lowest BCUT2D eigenvalue weighted by Gasteiger charge is -2.24. The minimum absolute atomic E-state index is 0.102. The molecule has 4 rings (SSSR count). The lowest BCUT2D eigenvalue weighted by molar-refractivity contribution is 0.0740. The highest BCUT2D eigenvalue weighted by Gasteiger charge is 2.20. The van der Waals surface area contributed by atoms with Gasteiger partial charge < -0.3 is 14.2 Å².